The zero-order chi connectivity index (χ0) is 10.8. The maximum Gasteiger partial charge on any atom is -0.0355 e. The largest absolute Gasteiger partial charge is 0.0654 e. The third kappa shape index (κ3) is 2.24. The van der Waals surface area contributed by atoms with Crippen LogP contribution in [0.4, 0.5) is 0 Å². The van der Waals surface area contributed by atoms with Gasteiger partial charge in [0.05, 0.1) is 0 Å². The molecule has 2 saturated carbocycles. The summed E-state index contributed by atoms with van der Waals surface area (Å²) in [6.45, 7) is 7.25. The lowest BCUT2D eigenvalue weighted by atomic mass is 9.85. The maximum absolute atomic E-state index is 2.54. The van der Waals surface area contributed by atoms with Gasteiger partial charge in [-0.1, -0.05) is 46.5 Å². The molecule has 2 fully saturated rings. The molecule has 0 aliphatic heterocycles. The van der Waals surface area contributed by atoms with Crippen LogP contribution in [0.25, 0.3) is 0 Å². The quantitative estimate of drug-likeness (QED) is 0.617. The van der Waals surface area contributed by atoms with Crippen LogP contribution in [0.5, 0.6) is 0 Å². The fraction of sp³-hybridized carbons (Fsp3) is 1.00. The molecule has 0 heteroatoms. The lowest BCUT2D eigenvalue weighted by Gasteiger charge is -2.20. The molecule has 15 heavy (non-hydrogen) atoms. The summed E-state index contributed by atoms with van der Waals surface area (Å²) in [7, 11) is 0. The van der Waals surface area contributed by atoms with Gasteiger partial charge in [0, 0.05) is 0 Å². The molecule has 0 spiro atoms. The molecule has 0 radical (unpaired) electrons. The fourth-order valence-corrected chi connectivity index (χ4v) is 4.32. The molecule has 0 bridgehead atoms. The average Bonchev–Trinajstić information content (AvgIpc) is 2.76. The van der Waals surface area contributed by atoms with Crippen molar-refractivity contribution in [2.45, 2.75) is 65.7 Å². The smallest absolute Gasteiger partial charge is 0.0355 e. The molecule has 88 valence electrons. The van der Waals surface area contributed by atoms with Crippen LogP contribution < -0.4 is 0 Å². The minimum absolute atomic E-state index is 1.04. The second-order valence-corrected chi connectivity index (χ2v) is 6.17. The second kappa shape index (κ2) is 4.89. The Bertz CT molecular complexity index is 196. The van der Waals surface area contributed by atoms with E-state index in [1.807, 2.05) is 0 Å². The van der Waals surface area contributed by atoms with E-state index in [-0.39, 0.29) is 0 Å². The van der Waals surface area contributed by atoms with Crippen molar-refractivity contribution in [1.29, 1.82) is 0 Å². The van der Waals surface area contributed by atoms with Gasteiger partial charge in [-0.2, -0.15) is 0 Å². The first-order valence-electron chi connectivity index (χ1n) is 7.26. The van der Waals surface area contributed by atoms with Crippen LogP contribution in [0.1, 0.15) is 65.7 Å². The lowest BCUT2D eigenvalue weighted by Crippen LogP contribution is -2.12. The first-order valence-corrected chi connectivity index (χ1v) is 7.26. The molecule has 5 atom stereocenters. The molecular weight excluding hydrogens is 180 g/mol. The number of rotatable bonds is 4. The van der Waals surface area contributed by atoms with Crippen molar-refractivity contribution in [3.05, 3.63) is 0 Å². The van der Waals surface area contributed by atoms with Crippen molar-refractivity contribution in [2.75, 3.05) is 0 Å². The molecule has 0 aromatic heterocycles. The number of hydrogen-bond donors (Lipinski definition) is 0. The van der Waals surface area contributed by atoms with Crippen molar-refractivity contribution < 1.29 is 0 Å². The molecule has 5 unspecified atom stereocenters. The van der Waals surface area contributed by atoms with Crippen molar-refractivity contribution in [3.8, 4) is 0 Å². The van der Waals surface area contributed by atoms with E-state index in [1.54, 1.807) is 19.3 Å². The van der Waals surface area contributed by atoms with Gasteiger partial charge >= 0.3 is 0 Å². The number of hydrogen-bond acceptors (Lipinski definition) is 0. The molecule has 0 aromatic carbocycles. The topological polar surface area (TPSA) is 0 Å². The molecule has 0 nitrogen and oxygen atoms in total. The Labute approximate surface area is 95.8 Å². The Hall–Kier alpha value is 0. The molecule has 0 heterocycles. The predicted octanol–water partition coefficient (Wildman–Crippen LogP) is 4.89. The van der Waals surface area contributed by atoms with Gasteiger partial charge in [0.1, 0.15) is 0 Å². The normalized spacial score (nSPS) is 44.6. The van der Waals surface area contributed by atoms with Crippen LogP contribution >= 0.6 is 0 Å². The van der Waals surface area contributed by atoms with Crippen molar-refractivity contribution >= 4 is 0 Å². The molecule has 0 aromatic rings. The maximum atomic E-state index is 2.54. The molecule has 0 amide bonds. The van der Waals surface area contributed by atoms with Crippen LogP contribution in [-0.2, 0) is 0 Å². The van der Waals surface area contributed by atoms with E-state index in [9.17, 15) is 0 Å². The van der Waals surface area contributed by atoms with Crippen molar-refractivity contribution in [2.24, 2.45) is 29.6 Å². The fourth-order valence-electron chi connectivity index (χ4n) is 4.32. The third-order valence-corrected chi connectivity index (χ3v) is 5.38. The van der Waals surface area contributed by atoms with E-state index in [2.05, 4.69) is 20.8 Å². The highest BCUT2D eigenvalue weighted by atomic mass is 14.5. The monoisotopic (exact) mass is 208 g/mol. The van der Waals surface area contributed by atoms with Gasteiger partial charge in [0.2, 0.25) is 0 Å². The molecule has 0 N–H and O–H groups in total. The number of fused-ring (bicyclic) bond motifs is 1. The third-order valence-electron chi connectivity index (χ3n) is 5.38. The van der Waals surface area contributed by atoms with Gasteiger partial charge in [0.25, 0.3) is 0 Å². The summed E-state index contributed by atoms with van der Waals surface area (Å²) in [6, 6.07) is 0. The van der Waals surface area contributed by atoms with Crippen molar-refractivity contribution in [3.63, 3.8) is 0 Å². The van der Waals surface area contributed by atoms with Crippen LogP contribution in [0.15, 0.2) is 0 Å². The molecule has 2 rings (SSSR count). The Kier molecular flexibility index (Phi) is 3.74. The van der Waals surface area contributed by atoms with Gasteiger partial charge in [-0.05, 0) is 48.9 Å². The van der Waals surface area contributed by atoms with Gasteiger partial charge in [-0.25, -0.2) is 0 Å². The van der Waals surface area contributed by atoms with E-state index >= 15 is 0 Å². The van der Waals surface area contributed by atoms with Crippen LogP contribution in [-0.4, -0.2) is 0 Å². The summed E-state index contributed by atoms with van der Waals surface area (Å²) in [6.07, 6.45) is 10.5. The zero-order valence-electron chi connectivity index (χ0n) is 10.8. The SMILES string of the molecule is CCCCC1CC2CC(CC)CC2C1C. The molecular formula is C15H28. The standard InChI is InChI=1S/C15H28/c1-4-6-7-13-10-14-8-12(5-2)9-15(14)11(13)3/h11-15H,4-10H2,1-3H3. The second-order valence-electron chi connectivity index (χ2n) is 6.17. The summed E-state index contributed by atoms with van der Waals surface area (Å²) in [5.41, 5.74) is 0. The van der Waals surface area contributed by atoms with E-state index < -0.39 is 0 Å². The Morgan fingerprint density at radius 2 is 1.87 bits per heavy atom. The van der Waals surface area contributed by atoms with E-state index in [0.29, 0.717) is 0 Å². The van der Waals surface area contributed by atoms with Crippen LogP contribution in [0.3, 0.4) is 0 Å². The van der Waals surface area contributed by atoms with Gasteiger partial charge < -0.3 is 0 Å². The Morgan fingerprint density at radius 1 is 1.07 bits per heavy atom. The predicted molar refractivity (Wildman–Crippen MR) is 66.8 cm³/mol. The highest BCUT2D eigenvalue weighted by Gasteiger charge is 2.45. The first kappa shape index (κ1) is 11.5. The Morgan fingerprint density at radius 3 is 2.47 bits per heavy atom. The number of unbranched alkanes of at least 4 members (excludes halogenated alkanes) is 1. The minimum Gasteiger partial charge on any atom is -0.0654 e. The summed E-state index contributed by atoms with van der Waals surface area (Å²) in [5.74, 6) is 5.43. The van der Waals surface area contributed by atoms with Crippen LogP contribution in [0, 0.1) is 29.6 Å². The molecule has 0 saturated heterocycles. The van der Waals surface area contributed by atoms with Crippen molar-refractivity contribution in [1.82, 2.24) is 0 Å². The molecule has 2 aliphatic carbocycles. The summed E-state index contributed by atoms with van der Waals surface area (Å²) in [4.78, 5) is 0. The molecule has 2 aliphatic rings. The lowest BCUT2D eigenvalue weighted by molar-refractivity contribution is 0.296. The highest BCUT2D eigenvalue weighted by Crippen LogP contribution is 2.54. The highest BCUT2D eigenvalue weighted by molar-refractivity contribution is 4.94. The first-order chi connectivity index (χ1) is 7.26. The average molecular weight is 208 g/mol. The van der Waals surface area contributed by atoms with Gasteiger partial charge in [0.15, 0.2) is 0 Å². The van der Waals surface area contributed by atoms with Gasteiger partial charge in [-0.15, -0.1) is 0 Å². The zero-order valence-corrected chi connectivity index (χ0v) is 10.8. The summed E-state index contributed by atoms with van der Waals surface area (Å²) < 4.78 is 0. The summed E-state index contributed by atoms with van der Waals surface area (Å²) >= 11 is 0. The van der Waals surface area contributed by atoms with E-state index in [1.165, 1.54) is 25.7 Å². The summed E-state index contributed by atoms with van der Waals surface area (Å²) in [5, 5.41) is 0. The van der Waals surface area contributed by atoms with E-state index in [0.717, 1.165) is 29.6 Å². The minimum atomic E-state index is 1.04. The van der Waals surface area contributed by atoms with Crippen LogP contribution in [0.2, 0.25) is 0 Å². The van der Waals surface area contributed by atoms with E-state index in [4.69, 9.17) is 0 Å². The Balaban J connectivity index is 1.87. The van der Waals surface area contributed by atoms with Gasteiger partial charge in [-0.3, -0.25) is 0 Å².